The first-order valence-electron chi connectivity index (χ1n) is 10.5. The van der Waals surface area contributed by atoms with Gasteiger partial charge in [-0.3, -0.25) is 4.99 Å². The molecule has 7 heteroatoms. The summed E-state index contributed by atoms with van der Waals surface area (Å²) in [6.45, 7) is 10.6. The molecule has 3 heterocycles. The molecule has 3 rings (SSSR count). The van der Waals surface area contributed by atoms with Crippen LogP contribution < -0.4 is 5.32 Å². The lowest BCUT2D eigenvalue weighted by molar-refractivity contribution is -0.0318. The van der Waals surface area contributed by atoms with Crippen LogP contribution in [0.2, 0.25) is 0 Å². The molecule has 152 valence electrons. The Morgan fingerprint density at radius 1 is 1.33 bits per heavy atom. The third kappa shape index (κ3) is 5.94. The van der Waals surface area contributed by atoms with Crippen LogP contribution in [-0.2, 0) is 9.47 Å². The van der Waals surface area contributed by atoms with Gasteiger partial charge in [0.2, 0.25) is 0 Å². The summed E-state index contributed by atoms with van der Waals surface area (Å²) in [4.78, 5) is 11.5. The number of guanidine groups is 1. The molecule has 2 unspecified atom stereocenters. The van der Waals surface area contributed by atoms with Crippen LogP contribution >= 0.6 is 0 Å². The van der Waals surface area contributed by atoms with Crippen LogP contribution in [0.3, 0.4) is 0 Å². The number of nitrogens with zero attached hydrogens (tertiary/aromatic N) is 4. The van der Waals surface area contributed by atoms with Gasteiger partial charge in [-0.15, -0.1) is 0 Å². The summed E-state index contributed by atoms with van der Waals surface area (Å²) in [7, 11) is 0. The molecule has 0 amide bonds. The first-order chi connectivity index (χ1) is 13.3. The molecule has 2 aliphatic rings. The van der Waals surface area contributed by atoms with E-state index in [1.54, 1.807) is 0 Å². The van der Waals surface area contributed by atoms with Gasteiger partial charge in [0, 0.05) is 58.4 Å². The van der Waals surface area contributed by atoms with E-state index < -0.39 is 0 Å². The van der Waals surface area contributed by atoms with Gasteiger partial charge in [-0.2, -0.15) is 0 Å². The van der Waals surface area contributed by atoms with Crippen LogP contribution in [0.1, 0.15) is 45.6 Å². The van der Waals surface area contributed by atoms with E-state index >= 15 is 0 Å². The third-order valence-corrected chi connectivity index (χ3v) is 5.55. The second-order valence-corrected chi connectivity index (χ2v) is 7.56. The van der Waals surface area contributed by atoms with Gasteiger partial charge < -0.3 is 24.3 Å². The quantitative estimate of drug-likeness (QED) is 0.449. The molecular formula is C20H35N5O2. The zero-order chi connectivity index (χ0) is 18.9. The Hall–Kier alpha value is -1.60. The van der Waals surface area contributed by atoms with Crippen molar-refractivity contribution in [1.29, 1.82) is 0 Å². The van der Waals surface area contributed by atoms with Crippen LogP contribution in [0.25, 0.3) is 0 Å². The van der Waals surface area contributed by atoms with Crippen molar-refractivity contribution >= 4 is 5.96 Å². The molecule has 1 aromatic rings. The number of piperidine rings is 1. The molecule has 0 aromatic carbocycles. The molecule has 1 N–H and O–H groups in total. The van der Waals surface area contributed by atoms with E-state index in [0.29, 0.717) is 18.1 Å². The molecule has 0 spiro atoms. The zero-order valence-electron chi connectivity index (χ0n) is 16.8. The van der Waals surface area contributed by atoms with E-state index in [1.165, 1.54) is 6.42 Å². The molecule has 0 radical (unpaired) electrons. The fraction of sp³-hybridized carbons (Fsp3) is 0.800. The largest absolute Gasteiger partial charge is 0.381 e. The average Bonchev–Trinajstić information content (AvgIpc) is 3.23. The van der Waals surface area contributed by atoms with Crippen LogP contribution in [-0.4, -0.2) is 72.5 Å². The van der Waals surface area contributed by atoms with Crippen molar-refractivity contribution < 1.29 is 9.47 Å². The second kappa shape index (κ2) is 10.7. The van der Waals surface area contributed by atoms with Gasteiger partial charge in [0.1, 0.15) is 0 Å². The molecule has 27 heavy (non-hydrogen) atoms. The number of rotatable bonds is 7. The highest BCUT2D eigenvalue weighted by Gasteiger charge is 2.28. The van der Waals surface area contributed by atoms with Crippen molar-refractivity contribution in [3.05, 3.63) is 18.7 Å². The number of aromatic nitrogens is 2. The number of aliphatic imine (C=N–C) groups is 1. The van der Waals surface area contributed by atoms with Gasteiger partial charge in [-0.1, -0.05) is 6.92 Å². The molecule has 0 bridgehead atoms. The molecule has 2 aliphatic heterocycles. The number of nitrogens with one attached hydrogen (secondary N) is 1. The van der Waals surface area contributed by atoms with Crippen LogP contribution in [0.5, 0.6) is 0 Å². The lowest BCUT2D eigenvalue weighted by atomic mass is 9.93. The summed E-state index contributed by atoms with van der Waals surface area (Å²) >= 11 is 0. The standard InChI is InChI=1S/C20H35N5O2/c1-3-22-20(23-8-4-12-27-18-6-13-26-14-7-18)24-10-5-17(2)19(15-24)25-11-9-21-16-25/h9,11,16-19H,3-8,10,12-15H2,1-2H3,(H,22,23). The predicted octanol–water partition coefficient (Wildman–Crippen LogP) is 2.32. The fourth-order valence-electron chi connectivity index (χ4n) is 3.86. The molecule has 0 aliphatic carbocycles. The molecule has 2 saturated heterocycles. The maximum atomic E-state index is 5.96. The molecule has 2 atom stereocenters. The maximum absolute atomic E-state index is 5.96. The minimum absolute atomic E-state index is 0.371. The Labute approximate surface area is 163 Å². The van der Waals surface area contributed by atoms with Crippen LogP contribution in [0.4, 0.5) is 0 Å². The van der Waals surface area contributed by atoms with Crippen molar-refractivity contribution in [3.63, 3.8) is 0 Å². The fourth-order valence-corrected chi connectivity index (χ4v) is 3.86. The molecule has 0 saturated carbocycles. The summed E-state index contributed by atoms with van der Waals surface area (Å²) in [5.41, 5.74) is 0. The first kappa shape index (κ1) is 20.1. The van der Waals surface area contributed by atoms with Gasteiger partial charge in [0.15, 0.2) is 5.96 Å². The number of hydrogen-bond acceptors (Lipinski definition) is 4. The topological polar surface area (TPSA) is 63.9 Å². The number of imidazole rings is 1. The van der Waals surface area contributed by atoms with Gasteiger partial charge in [-0.05, 0) is 38.5 Å². The van der Waals surface area contributed by atoms with Crippen LogP contribution in [0.15, 0.2) is 23.7 Å². The Morgan fingerprint density at radius 2 is 2.19 bits per heavy atom. The van der Waals surface area contributed by atoms with Crippen molar-refractivity contribution in [1.82, 2.24) is 19.8 Å². The van der Waals surface area contributed by atoms with E-state index in [2.05, 4.69) is 39.8 Å². The number of likely N-dealkylation sites (tertiary alicyclic amines) is 1. The van der Waals surface area contributed by atoms with Crippen molar-refractivity contribution in [2.45, 2.75) is 51.7 Å². The average molecular weight is 378 g/mol. The third-order valence-electron chi connectivity index (χ3n) is 5.55. The van der Waals surface area contributed by atoms with E-state index in [-0.39, 0.29) is 0 Å². The summed E-state index contributed by atoms with van der Waals surface area (Å²) in [6, 6.07) is 0.446. The minimum atomic E-state index is 0.371. The number of hydrogen-bond donors (Lipinski definition) is 1. The Kier molecular flexibility index (Phi) is 7.95. The highest BCUT2D eigenvalue weighted by Crippen LogP contribution is 2.27. The highest BCUT2D eigenvalue weighted by molar-refractivity contribution is 5.80. The normalized spacial score (nSPS) is 25.0. The summed E-state index contributed by atoms with van der Waals surface area (Å²) in [6.07, 6.45) is 10.4. The lowest BCUT2D eigenvalue weighted by Gasteiger charge is -2.39. The van der Waals surface area contributed by atoms with Gasteiger partial charge in [0.05, 0.1) is 18.5 Å². The first-order valence-corrected chi connectivity index (χ1v) is 10.5. The van der Waals surface area contributed by atoms with E-state index in [4.69, 9.17) is 14.5 Å². The second-order valence-electron chi connectivity index (χ2n) is 7.56. The predicted molar refractivity (Wildman–Crippen MR) is 107 cm³/mol. The highest BCUT2D eigenvalue weighted by atomic mass is 16.5. The summed E-state index contributed by atoms with van der Waals surface area (Å²) in [5, 5.41) is 3.47. The van der Waals surface area contributed by atoms with Gasteiger partial charge >= 0.3 is 0 Å². The molecule has 1 aromatic heterocycles. The molecule has 7 nitrogen and oxygen atoms in total. The Bertz CT molecular complexity index is 557. The zero-order valence-corrected chi connectivity index (χ0v) is 16.8. The van der Waals surface area contributed by atoms with Crippen molar-refractivity contribution in [2.75, 3.05) is 46.0 Å². The van der Waals surface area contributed by atoms with Crippen molar-refractivity contribution in [2.24, 2.45) is 10.9 Å². The minimum Gasteiger partial charge on any atom is -0.381 e. The summed E-state index contributed by atoms with van der Waals surface area (Å²) in [5.74, 6) is 1.67. The Balaban J connectivity index is 1.48. The monoisotopic (exact) mass is 377 g/mol. The van der Waals surface area contributed by atoms with Gasteiger partial charge in [-0.25, -0.2) is 4.98 Å². The SMILES string of the molecule is CCNC(=NCCCOC1CCOCC1)N1CCC(C)C(n2ccnc2)C1. The van der Waals surface area contributed by atoms with Crippen molar-refractivity contribution in [3.8, 4) is 0 Å². The number of ether oxygens (including phenoxy) is 2. The Morgan fingerprint density at radius 3 is 2.93 bits per heavy atom. The van der Waals surface area contributed by atoms with E-state index in [1.807, 2.05) is 12.5 Å². The summed E-state index contributed by atoms with van der Waals surface area (Å²) < 4.78 is 13.6. The van der Waals surface area contributed by atoms with Crippen LogP contribution in [0, 0.1) is 5.92 Å². The molecular weight excluding hydrogens is 342 g/mol. The smallest absolute Gasteiger partial charge is 0.193 e. The lowest BCUT2D eigenvalue weighted by Crippen LogP contribution is -2.49. The van der Waals surface area contributed by atoms with E-state index in [0.717, 1.165) is 71.2 Å². The van der Waals surface area contributed by atoms with E-state index in [9.17, 15) is 0 Å². The van der Waals surface area contributed by atoms with Gasteiger partial charge in [0.25, 0.3) is 0 Å². The maximum Gasteiger partial charge on any atom is 0.193 e. The molecule has 2 fully saturated rings.